The minimum atomic E-state index is -0.148. The number of anilines is 1. The summed E-state index contributed by atoms with van der Waals surface area (Å²) in [5, 5.41) is 8.35. The van der Waals surface area contributed by atoms with E-state index in [0.717, 1.165) is 35.5 Å². The van der Waals surface area contributed by atoms with Crippen LogP contribution in [0.25, 0.3) is 10.2 Å². The summed E-state index contributed by atoms with van der Waals surface area (Å²) < 4.78 is 13.1. The number of rotatable bonds is 9. The molecular weight excluding hydrogens is 388 g/mol. The van der Waals surface area contributed by atoms with Crippen LogP contribution in [0.2, 0.25) is 0 Å². The van der Waals surface area contributed by atoms with E-state index in [2.05, 4.69) is 29.2 Å². The Kier molecular flexibility index (Phi) is 6.76. The topological polar surface area (TPSA) is 68.6 Å². The molecule has 0 unspecified atom stereocenters. The number of nitrogens with one attached hydrogen (secondary N) is 1. The first kappa shape index (κ1) is 21.1. The first-order valence-corrected chi connectivity index (χ1v) is 10.6. The van der Waals surface area contributed by atoms with Gasteiger partial charge in [-0.2, -0.15) is 5.10 Å². The number of amides is 1. The summed E-state index contributed by atoms with van der Waals surface area (Å²) >= 11 is 1.43. The molecule has 2 aromatic heterocycles. The Morgan fingerprint density at radius 1 is 1.24 bits per heavy atom. The first-order chi connectivity index (χ1) is 14.0. The third kappa shape index (κ3) is 4.71. The molecule has 1 aromatic carbocycles. The number of thiophene rings is 1. The van der Waals surface area contributed by atoms with E-state index in [0.29, 0.717) is 28.7 Å². The van der Waals surface area contributed by atoms with E-state index in [1.54, 1.807) is 23.9 Å². The summed E-state index contributed by atoms with van der Waals surface area (Å²) in [6.07, 6.45) is 0. The van der Waals surface area contributed by atoms with Gasteiger partial charge in [0.1, 0.15) is 11.4 Å². The van der Waals surface area contributed by atoms with Gasteiger partial charge in [0.15, 0.2) is 11.5 Å². The highest BCUT2D eigenvalue weighted by molar-refractivity contribution is 7.20. The molecule has 0 radical (unpaired) electrons. The minimum Gasteiger partial charge on any atom is -0.493 e. The van der Waals surface area contributed by atoms with Crippen LogP contribution < -0.4 is 14.8 Å². The molecular formula is C21H28N4O3S. The molecule has 8 heteroatoms. The van der Waals surface area contributed by atoms with Gasteiger partial charge in [-0.05, 0) is 38.2 Å². The average molecular weight is 417 g/mol. The molecule has 1 N–H and O–H groups in total. The lowest BCUT2D eigenvalue weighted by Gasteiger charge is -2.19. The van der Waals surface area contributed by atoms with Gasteiger partial charge in [0.25, 0.3) is 5.91 Å². The van der Waals surface area contributed by atoms with E-state index in [1.165, 1.54) is 11.3 Å². The van der Waals surface area contributed by atoms with Gasteiger partial charge in [-0.25, -0.2) is 0 Å². The lowest BCUT2D eigenvalue weighted by Crippen LogP contribution is -2.28. The second-order valence-corrected chi connectivity index (χ2v) is 7.76. The predicted molar refractivity (Wildman–Crippen MR) is 118 cm³/mol. The number of likely N-dealkylation sites (N-methyl/N-ethyl adjacent to an activating group) is 1. The van der Waals surface area contributed by atoms with Crippen LogP contribution in [0.15, 0.2) is 24.3 Å². The Balaban J connectivity index is 1.72. The fourth-order valence-electron chi connectivity index (χ4n) is 3.20. The van der Waals surface area contributed by atoms with E-state index in [-0.39, 0.29) is 5.91 Å². The van der Waals surface area contributed by atoms with Crippen molar-refractivity contribution in [2.75, 3.05) is 38.7 Å². The van der Waals surface area contributed by atoms with Crippen LogP contribution >= 0.6 is 11.3 Å². The van der Waals surface area contributed by atoms with Crippen LogP contribution in [0.5, 0.6) is 11.5 Å². The summed E-state index contributed by atoms with van der Waals surface area (Å²) in [5.74, 6) is 1.12. The summed E-state index contributed by atoms with van der Waals surface area (Å²) in [7, 11) is 3.50. The summed E-state index contributed by atoms with van der Waals surface area (Å²) in [6, 6.07) is 7.32. The number of fused-ring (bicyclic) bond motifs is 1. The van der Waals surface area contributed by atoms with Gasteiger partial charge in [0.05, 0.1) is 17.7 Å². The molecule has 3 aromatic rings. The minimum absolute atomic E-state index is 0.148. The summed E-state index contributed by atoms with van der Waals surface area (Å²) in [6.45, 7) is 9.56. The SMILES string of the molecule is CCN(CC)CCOc1cc(NC(=O)c2cc3c(C)nn(C)c3s2)ccc1OC. The molecule has 3 rings (SSSR count). The number of aromatic nitrogens is 2. The lowest BCUT2D eigenvalue weighted by atomic mass is 10.2. The Bertz CT molecular complexity index is 957. The van der Waals surface area contributed by atoms with Gasteiger partial charge in [-0.1, -0.05) is 13.8 Å². The standard InChI is InChI=1S/C21H28N4O3S/c1-6-25(7-2)10-11-28-18-12-15(8-9-17(18)27-5)22-20(26)19-13-16-14(3)23-24(4)21(16)29-19/h8-9,12-13H,6-7,10-11H2,1-5H3,(H,22,26). The van der Waals surface area contributed by atoms with Gasteiger partial charge in [-0.3, -0.25) is 9.48 Å². The van der Waals surface area contributed by atoms with Gasteiger partial charge in [-0.15, -0.1) is 11.3 Å². The van der Waals surface area contributed by atoms with Gasteiger partial charge in [0, 0.05) is 30.7 Å². The zero-order valence-electron chi connectivity index (χ0n) is 17.6. The molecule has 29 heavy (non-hydrogen) atoms. The molecule has 0 bridgehead atoms. The lowest BCUT2D eigenvalue weighted by molar-refractivity contribution is 0.103. The largest absolute Gasteiger partial charge is 0.493 e. The molecule has 2 heterocycles. The van der Waals surface area contributed by atoms with Crippen LogP contribution in [0.3, 0.4) is 0 Å². The molecule has 156 valence electrons. The number of carbonyl (C=O) groups excluding carboxylic acids is 1. The van der Waals surface area contributed by atoms with Crippen molar-refractivity contribution in [3.8, 4) is 11.5 Å². The Labute approximate surface area is 175 Å². The number of nitrogens with zero attached hydrogens (tertiary/aromatic N) is 3. The normalized spacial score (nSPS) is 11.2. The maximum absolute atomic E-state index is 12.7. The van der Waals surface area contributed by atoms with Crippen LogP contribution in [0, 0.1) is 6.92 Å². The molecule has 0 aliphatic carbocycles. The molecule has 7 nitrogen and oxygen atoms in total. The second kappa shape index (κ2) is 9.28. The van der Waals surface area contributed by atoms with Gasteiger partial charge in [0.2, 0.25) is 0 Å². The number of benzene rings is 1. The number of hydrogen-bond donors (Lipinski definition) is 1. The maximum atomic E-state index is 12.7. The van der Waals surface area contributed by atoms with E-state index >= 15 is 0 Å². The van der Waals surface area contributed by atoms with Crippen LogP contribution in [-0.4, -0.2) is 53.9 Å². The fraction of sp³-hybridized carbons (Fsp3) is 0.429. The number of methoxy groups -OCH3 is 1. The number of hydrogen-bond acceptors (Lipinski definition) is 6. The van der Waals surface area contributed by atoms with Crippen molar-refractivity contribution < 1.29 is 14.3 Å². The van der Waals surface area contributed by atoms with E-state index < -0.39 is 0 Å². The molecule has 0 fully saturated rings. The van der Waals surface area contributed by atoms with E-state index in [4.69, 9.17) is 9.47 Å². The average Bonchev–Trinajstić information content (AvgIpc) is 3.27. The zero-order valence-corrected chi connectivity index (χ0v) is 18.4. The van der Waals surface area contributed by atoms with Crippen molar-refractivity contribution in [1.29, 1.82) is 0 Å². The van der Waals surface area contributed by atoms with Crippen molar-refractivity contribution in [2.24, 2.45) is 7.05 Å². The van der Waals surface area contributed by atoms with Crippen molar-refractivity contribution in [2.45, 2.75) is 20.8 Å². The zero-order chi connectivity index (χ0) is 21.0. The number of aryl methyl sites for hydroxylation is 2. The molecule has 0 aliphatic rings. The first-order valence-electron chi connectivity index (χ1n) is 9.74. The quantitative estimate of drug-likeness (QED) is 0.572. The number of carbonyl (C=O) groups is 1. The summed E-state index contributed by atoms with van der Waals surface area (Å²) in [5.41, 5.74) is 1.59. The molecule has 1 amide bonds. The van der Waals surface area contributed by atoms with Crippen molar-refractivity contribution in [1.82, 2.24) is 14.7 Å². The highest BCUT2D eigenvalue weighted by atomic mass is 32.1. The van der Waals surface area contributed by atoms with Crippen LogP contribution in [0.1, 0.15) is 29.2 Å². The van der Waals surface area contributed by atoms with Gasteiger partial charge >= 0.3 is 0 Å². The van der Waals surface area contributed by atoms with Gasteiger partial charge < -0.3 is 19.7 Å². The highest BCUT2D eigenvalue weighted by Gasteiger charge is 2.16. The Morgan fingerprint density at radius 3 is 2.66 bits per heavy atom. The van der Waals surface area contributed by atoms with Crippen LogP contribution in [0.4, 0.5) is 5.69 Å². The Hall–Kier alpha value is -2.58. The van der Waals surface area contributed by atoms with Crippen molar-refractivity contribution in [3.05, 3.63) is 34.8 Å². The molecule has 0 saturated heterocycles. The van der Waals surface area contributed by atoms with E-state index in [9.17, 15) is 4.79 Å². The third-order valence-corrected chi connectivity index (χ3v) is 6.10. The predicted octanol–water partition coefficient (Wildman–Crippen LogP) is 3.92. The monoisotopic (exact) mass is 416 g/mol. The van der Waals surface area contributed by atoms with E-state index in [1.807, 2.05) is 26.1 Å². The molecule has 0 saturated carbocycles. The highest BCUT2D eigenvalue weighted by Crippen LogP contribution is 2.32. The maximum Gasteiger partial charge on any atom is 0.265 e. The second-order valence-electron chi connectivity index (χ2n) is 6.73. The Morgan fingerprint density at radius 2 is 2.00 bits per heavy atom. The molecule has 0 aliphatic heterocycles. The van der Waals surface area contributed by atoms with Crippen molar-refractivity contribution in [3.63, 3.8) is 0 Å². The fourth-order valence-corrected chi connectivity index (χ4v) is 4.22. The number of ether oxygens (including phenoxy) is 2. The summed E-state index contributed by atoms with van der Waals surface area (Å²) in [4.78, 5) is 16.7. The van der Waals surface area contributed by atoms with Crippen LogP contribution in [-0.2, 0) is 7.05 Å². The van der Waals surface area contributed by atoms with Crippen molar-refractivity contribution >= 4 is 33.1 Å². The molecule has 0 spiro atoms. The smallest absolute Gasteiger partial charge is 0.265 e. The third-order valence-electron chi connectivity index (χ3n) is 4.90. The molecule has 0 atom stereocenters.